The highest BCUT2D eigenvalue weighted by Gasteiger charge is 2.20. The van der Waals surface area contributed by atoms with E-state index >= 15 is 0 Å². The molecule has 8 nitrogen and oxygen atoms in total. The lowest BCUT2D eigenvalue weighted by Gasteiger charge is -2.26. The Balaban J connectivity index is 1.85. The van der Waals surface area contributed by atoms with Crippen molar-refractivity contribution in [3.8, 4) is 11.4 Å². The van der Waals surface area contributed by atoms with Gasteiger partial charge < -0.3 is 9.30 Å². The van der Waals surface area contributed by atoms with Crippen molar-refractivity contribution in [2.45, 2.75) is 33.4 Å². The lowest BCUT2D eigenvalue weighted by Crippen LogP contribution is -2.38. The van der Waals surface area contributed by atoms with Crippen LogP contribution in [0.2, 0.25) is 0 Å². The summed E-state index contributed by atoms with van der Waals surface area (Å²) in [4.78, 5) is 34.7. The maximum absolute atomic E-state index is 12.8. The van der Waals surface area contributed by atoms with Crippen molar-refractivity contribution in [3.05, 3.63) is 50.7 Å². The van der Waals surface area contributed by atoms with Crippen molar-refractivity contribution in [2.75, 3.05) is 32.8 Å². The first-order chi connectivity index (χ1) is 14.1. The number of imidazole rings is 1. The van der Waals surface area contributed by atoms with Crippen LogP contribution < -0.4 is 11.2 Å². The second kappa shape index (κ2) is 8.34. The van der Waals surface area contributed by atoms with Gasteiger partial charge in [-0.2, -0.15) is 0 Å². The van der Waals surface area contributed by atoms with Crippen LogP contribution in [0.4, 0.5) is 0 Å². The van der Waals surface area contributed by atoms with Crippen molar-refractivity contribution in [1.82, 2.24) is 24.0 Å². The molecule has 2 aromatic heterocycles. The third-order valence-corrected chi connectivity index (χ3v) is 5.39. The maximum Gasteiger partial charge on any atom is 0.330 e. The van der Waals surface area contributed by atoms with Crippen LogP contribution in [0.15, 0.2) is 33.9 Å². The minimum Gasteiger partial charge on any atom is -0.379 e. The lowest BCUT2D eigenvalue weighted by molar-refractivity contribution is 0.0365. The summed E-state index contributed by atoms with van der Waals surface area (Å²) in [5.41, 5.74) is 2.22. The minimum absolute atomic E-state index is 0.384. The fourth-order valence-electron chi connectivity index (χ4n) is 3.81. The molecular formula is C21H27N5O3. The summed E-state index contributed by atoms with van der Waals surface area (Å²) in [5.74, 6) is 0.717. The molecule has 1 saturated heterocycles. The number of morpholine rings is 1. The molecule has 0 amide bonds. The van der Waals surface area contributed by atoms with Crippen LogP contribution >= 0.6 is 0 Å². The van der Waals surface area contributed by atoms with Gasteiger partial charge in [-0.3, -0.25) is 19.2 Å². The van der Waals surface area contributed by atoms with Gasteiger partial charge in [-0.05, 0) is 13.3 Å². The molecule has 1 N–H and O–H groups in total. The Morgan fingerprint density at radius 1 is 1.03 bits per heavy atom. The molecule has 0 bridgehead atoms. The summed E-state index contributed by atoms with van der Waals surface area (Å²) in [6.07, 6.45) is 0.779. The van der Waals surface area contributed by atoms with Gasteiger partial charge in [-0.15, -0.1) is 0 Å². The van der Waals surface area contributed by atoms with E-state index < -0.39 is 5.69 Å². The number of hydrogen-bond donors (Lipinski definition) is 1. The number of nitrogens with zero attached hydrogens (tertiary/aromatic N) is 4. The summed E-state index contributed by atoms with van der Waals surface area (Å²) in [5, 5.41) is 0. The van der Waals surface area contributed by atoms with E-state index in [1.54, 1.807) is 4.57 Å². The average molecular weight is 397 g/mol. The highest BCUT2D eigenvalue weighted by molar-refractivity contribution is 5.77. The Morgan fingerprint density at radius 3 is 2.45 bits per heavy atom. The maximum atomic E-state index is 12.8. The van der Waals surface area contributed by atoms with Crippen LogP contribution in [0.25, 0.3) is 22.6 Å². The van der Waals surface area contributed by atoms with Gasteiger partial charge in [0.05, 0.1) is 13.2 Å². The van der Waals surface area contributed by atoms with E-state index in [1.165, 1.54) is 0 Å². The summed E-state index contributed by atoms with van der Waals surface area (Å²) in [7, 11) is 0. The molecule has 0 saturated carbocycles. The molecule has 0 aliphatic carbocycles. The number of aromatic amines is 1. The number of ether oxygens (including phenoxy) is 1. The second-order valence-corrected chi connectivity index (χ2v) is 7.49. The molecule has 3 aromatic rings. The minimum atomic E-state index is -0.405. The number of H-pyrrole nitrogens is 1. The van der Waals surface area contributed by atoms with Gasteiger partial charge in [-0.1, -0.05) is 36.8 Å². The number of hydrogen-bond acceptors (Lipinski definition) is 5. The fraction of sp³-hybridized carbons (Fsp3) is 0.476. The molecule has 3 heterocycles. The molecule has 154 valence electrons. The first-order valence-electron chi connectivity index (χ1n) is 10.2. The van der Waals surface area contributed by atoms with Crippen molar-refractivity contribution in [1.29, 1.82) is 0 Å². The molecule has 0 radical (unpaired) electrons. The Kier molecular flexibility index (Phi) is 5.64. The van der Waals surface area contributed by atoms with E-state index in [0.29, 0.717) is 30.1 Å². The lowest BCUT2D eigenvalue weighted by atomic mass is 10.1. The van der Waals surface area contributed by atoms with Gasteiger partial charge in [0, 0.05) is 38.3 Å². The Bertz CT molecular complexity index is 1100. The Morgan fingerprint density at radius 2 is 1.76 bits per heavy atom. The average Bonchev–Trinajstić information content (AvgIpc) is 3.11. The number of fused-ring (bicyclic) bond motifs is 1. The van der Waals surface area contributed by atoms with Crippen LogP contribution in [-0.4, -0.2) is 56.9 Å². The summed E-state index contributed by atoms with van der Waals surface area (Å²) in [6, 6.07) is 8.09. The Labute approximate surface area is 168 Å². The monoisotopic (exact) mass is 397 g/mol. The first-order valence-corrected chi connectivity index (χ1v) is 10.2. The fourth-order valence-corrected chi connectivity index (χ4v) is 3.81. The highest BCUT2D eigenvalue weighted by atomic mass is 16.5. The van der Waals surface area contributed by atoms with Gasteiger partial charge >= 0.3 is 5.69 Å². The Hall–Kier alpha value is -2.71. The molecule has 0 atom stereocenters. The largest absolute Gasteiger partial charge is 0.379 e. The number of rotatable bonds is 6. The van der Waals surface area contributed by atoms with Crippen molar-refractivity contribution in [2.24, 2.45) is 0 Å². The smallest absolute Gasteiger partial charge is 0.330 e. The predicted octanol–water partition coefficient (Wildman–Crippen LogP) is 1.60. The quantitative estimate of drug-likeness (QED) is 0.683. The summed E-state index contributed by atoms with van der Waals surface area (Å²) < 4.78 is 8.96. The van der Waals surface area contributed by atoms with Crippen LogP contribution in [0.5, 0.6) is 0 Å². The molecule has 4 rings (SSSR count). The molecule has 0 unspecified atom stereocenters. The third-order valence-electron chi connectivity index (χ3n) is 5.39. The normalized spacial score (nSPS) is 15.2. The second-order valence-electron chi connectivity index (χ2n) is 7.49. The third kappa shape index (κ3) is 3.90. The van der Waals surface area contributed by atoms with E-state index in [1.807, 2.05) is 42.7 Å². The van der Waals surface area contributed by atoms with Gasteiger partial charge in [0.2, 0.25) is 0 Å². The molecule has 1 aromatic carbocycles. The number of nitrogens with one attached hydrogen (secondary N) is 1. The zero-order valence-electron chi connectivity index (χ0n) is 17.0. The van der Waals surface area contributed by atoms with Crippen LogP contribution in [-0.2, 0) is 17.8 Å². The molecule has 8 heteroatoms. The molecule has 0 spiro atoms. The number of aromatic nitrogens is 4. The van der Waals surface area contributed by atoms with Crippen molar-refractivity contribution < 1.29 is 4.74 Å². The molecule has 1 aliphatic heterocycles. The van der Waals surface area contributed by atoms with E-state index in [2.05, 4.69) is 9.88 Å². The van der Waals surface area contributed by atoms with Gasteiger partial charge in [0.15, 0.2) is 11.2 Å². The first kappa shape index (κ1) is 19.6. The zero-order valence-corrected chi connectivity index (χ0v) is 17.0. The molecule has 29 heavy (non-hydrogen) atoms. The van der Waals surface area contributed by atoms with Crippen molar-refractivity contribution in [3.63, 3.8) is 0 Å². The van der Waals surface area contributed by atoms with Crippen LogP contribution in [0.1, 0.15) is 18.9 Å². The zero-order chi connectivity index (χ0) is 20.4. The SMILES string of the molecule is CCCn1c(=O)[nH]c(=O)c2c1nc(-c1ccc(C)cc1)n2CCN1CCOCC1. The standard InChI is InChI=1S/C21H27N5O3/c1-3-8-26-19-17(20(27)23-21(26)28)25(10-9-24-11-13-29-14-12-24)18(22-19)16-6-4-15(2)5-7-16/h4-7H,3,8-14H2,1-2H3,(H,23,27,28). The van der Waals surface area contributed by atoms with Gasteiger partial charge in [0.1, 0.15) is 5.82 Å². The van der Waals surface area contributed by atoms with Gasteiger partial charge in [0.25, 0.3) is 5.56 Å². The molecular weight excluding hydrogens is 370 g/mol. The summed E-state index contributed by atoms with van der Waals surface area (Å²) in [6.45, 7) is 9.17. The summed E-state index contributed by atoms with van der Waals surface area (Å²) >= 11 is 0. The number of benzene rings is 1. The van der Waals surface area contributed by atoms with Crippen molar-refractivity contribution >= 4 is 11.2 Å². The molecule has 1 fully saturated rings. The van der Waals surface area contributed by atoms with E-state index in [4.69, 9.17) is 9.72 Å². The predicted molar refractivity (Wildman–Crippen MR) is 112 cm³/mol. The topological polar surface area (TPSA) is 85.2 Å². The van der Waals surface area contributed by atoms with Crippen LogP contribution in [0.3, 0.4) is 0 Å². The van der Waals surface area contributed by atoms with Gasteiger partial charge in [-0.25, -0.2) is 9.78 Å². The van der Waals surface area contributed by atoms with E-state index in [0.717, 1.165) is 50.4 Å². The highest BCUT2D eigenvalue weighted by Crippen LogP contribution is 2.23. The number of aryl methyl sites for hydroxylation is 2. The van der Waals surface area contributed by atoms with Crippen LogP contribution in [0, 0.1) is 6.92 Å². The van der Waals surface area contributed by atoms with E-state index in [9.17, 15) is 9.59 Å². The van der Waals surface area contributed by atoms with E-state index in [-0.39, 0.29) is 5.56 Å². The molecule has 1 aliphatic rings.